The lowest BCUT2D eigenvalue weighted by atomic mass is 9.70. The van der Waals surface area contributed by atoms with Crippen LogP contribution in [0.25, 0.3) is 0 Å². The number of benzene rings is 2. The topological polar surface area (TPSA) is 95.9 Å². The Morgan fingerprint density at radius 3 is 2.71 bits per heavy atom. The van der Waals surface area contributed by atoms with Gasteiger partial charge < -0.3 is 14.7 Å². The zero-order chi connectivity index (χ0) is 29.6. The number of anilines is 1. The standard InChI is InChI=1S/C33H41ClN2O5S/c1-21(2)33-18-26(33)7-5-8-30(37)28-13-10-24(28)19-36-15-4-3-6-22-16-27(34)12-9-25(22)20-41-31-14-11-23(17-29(31)36)32(38)35-42(33,39)40/h5,8-9,11-12,14,16-17,21,24,26,28,30,37H,3-4,6-7,10,13,15,18-20H2,1-2H3,(H,35,38)/b8-5+/t24-,26+,28+,30-,33+/m0/s1. The van der Waals surface area contributed by atoms with Crippen LogP contribution in [-0.4, -0.2) is 43.4 Å². The second-order valence-corrected chi connectivity index (χ2v) is 15.3. The van der Waals surface area contributed by atoms with E-state index in [0.717, 1.165) is 56.4 Å². The van der Waals surface area contributed by atoms with Crippen LogP contribution in [-0.2, 0) is 23.1 Å². The van der Waals surface area contributed by atoms with Gasteiger partial charge in [0.05, 0.1) is 16.5 Å². The Labute approximate surface area is 254 Å². The normalized spacial score (nSPS) is 31.6. The number of hydrogen-bond donors (Lipinski definition) is 2. The number of fused-ring (bicyclic) bond motifs is 4. The predicted molar refractivity (Wildman–Crippen MR) is 165 cm³/mol. The number of aryl methyl sites for hydroxylation is 1. The van der Waals surface area contributed by atoms with Gasteiger partial charge in [0.15, 0.2) is 0 Å². The van der Waals surface area contributed by atoms with Crippen molar-refractivity contribution in [2.75, 3.05) is 18.0 Å². The number of ether oxygens (including phenoxy) is 1. The van der Waals surface area contributed by atoms with Gasteiger partial charge in [-0.05, 0) is 110 Å². The third kappa shape index (κ3) is 5.46. The summed E-state index contributed by atoms with van der Waals surface area (Å²) in [5.41, 5.74) is 3.33. The van der Waals surface area contributed by atoms with Crippen LogP contribution in [0.15, 0.2) is 48.6 Å². The van der Waals surface area contributed by atoms with Crippen molar-refractivity contribution in [3.05, 3.63) is 70.3 Å². The molecule has 5 atom stereocenters. The fourth-order valence-corrected chi connectivity index (χ4v) is 9.71. The van der Waals surface area contributed by atoms with Gasteiger partial charge in [-0.1, -0.05) is 43.7 Å². The van der Waals surface area contributed by atoms with Crippen LogP contribution < -0.4 is 14.4 Å². The fourth-order valence-electron chi connectivity index (χ4n) is 7.39. The first kappa shape index (κ1) is 29.5. The number of sulfonamides is 1. The first-order valence-electron chi connectivity index (χ1n) is 15.3. The van der Waals surface area contributed by atoms with Gasteiger partial charge in [0.1, 0.15) is 12.4 Å². The van der Waals surface area contributed by atoms with E-state index in [-0.39, 0.29) is 17.8 Å². The minimum atomic E-state index is -3.95. The summed E-state index contributed by atoms with van der Waals surface area (Å²) < 4.78 is 35.2. The van der Waals surface area contributed by atoms with E-state index in [1.807, 2.05) is 44.2 Å². The van der Waals surface area contributed by atoms with Crippen molar-refractivity contribution < 1.29 is 23.1 Å². The van der Waals surface area contributed by atoms with Gasteiger partial charge in [-0.25, -0.2) is 13.1 Å². The second-order valence-electron chi connectivity index (χ2n) is 12.9. The molecule has 2 aromatic carbocycles. The molecule has 9 heteroatoms. The van der Waals surface area contributed by atoms with Crippen LogP contribution in [0.4, 0.5) is 5.69 Å². The largest absolute Gasteiger partial charge is 0.487 e. The number of carbonyl (C=O) groups excluding carboxylic acids is 1. The number of carbonyl (C=O) groups is 1. The van der Waals surface area contributed by atoms with E-state index in [4.69, 9.17) is 16.3 Å². The van der Waals surface area contributed by atoms with E-state index in [2.05, 4.69) is 9.62 Å². The lowest BCUT2D eigenvalue weighted by molar-refractivity contribution is 0.0461. The van der Waals surface area contributed by atoms with Crippen LogP contribution >= 0.6 is 11.6 Å². The molecular weight excluding hydrogens is 572 g/mol. The molecule has 0 spiro atoms. The molecule has 2 fully saturated rings. The van der Waals surface area contributed by atoms with Gasteiger partial charge in [0.25, 0.3) is 5.91 Å². The number of halogens is 1. The number of nitrogens with zero attached hydrogens (tertiary/aromatic N) is 1. The Morgan fingerprint density at radius 1 is 1.12 bits per heavy atom. The lowest BCUT2D eigenvalue weighted by Crippen LogP contribution is -2.44. The maximum absolute atomic E-state index is 13.7. The van der Waals surface area contributed by atoms with Gasteiger partial charge in [-0.2, -0.15) is 0 Å². The van der Waals surface area contributed by atoms with E-state index in [0.29, 0.717) is 41.7 Å². The Balaban J connectivity index is 1.39. The monoisotopic (exact) mass is 612 g/mol. The summed E-state index contributed by atoms with van der Waals surface area (Å²) in [6.07, 6.45) is 9.09. The van der Waals surface area contributed by atoms with Crippen molar-refractivity contribution in [1.29, 1.82) is 0 Å². The molecule has 2 bridgehead atoms. The molecule has 0 radical (unpaired) electrons. The average molecular weight is 613 g/mol. The minimum Gasteiger partial charge on any atom is -0.487 e. The van der Waals surface area contributed by atoms with E-state index < -0.39 is 26.8 Å². The van der Waals surface area contributed by atoms with E-state index in [9.17, 15) is 18.3 Å². The van der Waals surface area contributed by atoms with Crippen molar-refractivity contribution in [2.24, 2.45) is 23.7 Å². The summed E-state index contributed by atoms with van der Waals surface area (Å²) >= 11 is 6.31. The molecule has 42 heavy (non-hydrogen) atoms. The van der Waals surface area contributed by atoms with Gasteiger partial charge in [-0.3, -0.25) is 4.79 Å². The number of rotatable bonds is 1. The van der Waals surface area contributed by atoms with Crippen LogP contribution in [0.3, 0.4) is 0 Å². The highest BCUT2D eigenvalue weighted by molar-refractivity contribution is 7.91. The van der Waals surface area contributed by atoms with Gasteiger partial charge in [-0.15, -0.1) is 0 Å². The quantitative estimate of drug-likeness (QED) is 0.390. The molecule has 0 saturated heterocycles. The molecule has 7 nitrogen and oxygen atoms in total. The van der Waals surface area contributed by atoms with E-state index in [1.54, 1.807) is 18.2 Å². The first-order valence-corrected chi connectivity index (χ1v) is 17.2. The van der Waals surface area contributed by atoms with Crippen molar-refractivity contribution in [3.63, 3.8) is 0 Å². The van der Waals surface area contributed by atoms with Crippen molar-refractivity contribution in [3.8, 4) is 5.75 Å². The fraction of sp³-hybridized carbons (Fsp3) is 0.545. The Bertz CT molecular complexity index is 1490. The van der Waals surface area contributed by atoms with Crippen molar-refractivity contribution >= 4 is 33.2 Å². The zero-order valence-electron chi connectivity index (χ0n) is 24.4. The lowest BCUT2D eigenvalue weighted by Gasteiger charge is -2.42. The van der Waals surface area contributed by atoms with Gasteiger partial charge in [0, 0.05) is 23.7 Å². The number of nitrogens with one attached hydrogen (secondary N) is 1. The number of amides is 1. The molecule has 2 aromatic rings. The Morgan fingerprint density at radius 2 is 1.95 bits per heavy atom. The van der Waals surface area contributed by atoms with Crippen molar-refractivity contribution in [2.45, 2.75) is 76.3 Å². The third-order valence-electron chi connectivity index (χ3n) is 10.2. The zero-order valence-corrected chi connectivity index (χ0v) is 26.0. The number of hydrogen-bond acceptors (Lipinski definition) is 6. The summed E-state index contributed by atoms with van der Waals surface area (Å²) in [4.78, 5) is 15.8. The van der Waals surface area contributed by atoms with E-state index >= 15 is 0 Å². The molecule has 0 aromatic heterocycles. The SMILES string of the molecule is CC(C)[C@]12C[C@H]1C/C=C/[C@H](O)[C@@H]1CC[C@H]1CN1CCCCc3cc(Cl)ccc3COc3ccc(cc31)C(=O)NS2(=O)=O. The second kappa shape index (κ2) is 11.5. The smallest absolute Gasteiger partial charge is 0.264 e. The third-order valence-corrected chi connectivity index (χ3v) is 12.8. The van der Waals surface area contributed by atoms with Gasteiger partial charge in [0.2, 0.25) is 10.0 Å². The number of aliphatic hydroxyl groups is 1. The predicted octanol–water partition coefficient (Wildman–Crippen LogP) is 5.88. The average Bonchev–Trinajstić information content (AvgIpc) is 3.67. The van der Waals surface area contributed by atoms with Crippen molar-refractivity contribution in [1.82, 2.24) is 4.72 Å². The summed E-state index contributed by atoms with van der Waals surface area (Å²) in [5.74, 6) is 0.237. The Hall–Kier alpha value is -2.55. The van der Waals surface area contributed by atoms with Crippen LogP contribution in [0, 0.1) is 23.7 Å². The molecule has 2 aliphatic heterocycles. The molecular formula is C33H41ClN2O5S. The maximum atomic E-state index is 13.7. The minimum absolute atomic E-state index is 0.0922. The maximum Gasteiger partial charge on any atom is 0.264 e. The summed E-state index contributed by atoms with van der Waals surface area (Å²) in [6, 6.07) is 11.1. The van der Waals surface area contributed by atoms with Crippen LogP contribution in [0.1, 0.15) is 73.9 Å². The summed E-state index contributed by atoms with van der Waals surface area (Å²) in [6.45, 7) is 5.65. The molecule has 1 amide bonds. The molecule has 226 valence electrons. The highest BCUT2D eigenvalue weighted by Gasteiger charge is 2.65. The summed E-state index contributed by atoms with van der Waals surface area (Å²) in [7, 11) is -3.95. The van der Waals surface area contributed by atoms with E-state index in [1.165, 1.54) is 5.56 Å². The molecule has 2 N–H and O–H groups in total. The van der Waals surface area contributed by atoms with Crippen LogP contribution in [0.5, 0.6) is 5.75 Å². The highest BCUT2D eigenvalue weighted by atomic mass is 35.5. The Kier molecular flexibility index (Phi) is 8.09. The molecule has 6 rings (SSSR count). The molecule has 0 unspecified atom stereocenters. The first-order chi connectivity index (χ1) is 20.1. The number of aliphatic hydroxyl groups excluding tert-OH is 1. The molecule has 2 heterocycles. The molecule has 2 saturated carbocycles. The van der Waals surface area contributed by atoms with Crippen LogP contribution in [0.2, 0.25) is 5.02 Å². The summed E-state index contributed by atoms with van der Waals surface area (Å²) in [5, 5.41) is 11.8. The number of allylic oxidation sites excluding steroid dienone is 1. The highest BCUT2D eigenvalue weighted by Crippen LogP contribution is 2.57. The molecule has 2 aliphatic carbocycles. The molecule has 4 aliphatic rings. The van der Waals surface area contributed by atoms with Gasteiger partial charge >= 0.3 is 0 Å².